The Hall–Kier alpha value is -1.00. The van der Waals surface area contributed by atoms with Crippen LogP contribution in [0, 0.1) is 24.5 Å². The Morgan fingerprint density at radius 2 is 2.10 bits per heavy atom. The molecule has 0 saturated carbocycles. The zero-order valence-corrected chi connectivity index (χ0v) is 12.4. The highest BCUT2D eigenvalue weighted by atomic mass is 19.1. The van der Waals surface area contributed by atoms with Crippen LogP contribution in [0.4, 0.5) is 8.78 Å². The van der Waals surface area contributed by atoms with Gasteiger partial charge in [0.2, 0.25) is 0 Å². The average molecular weight is 283 g/mol. The number of hydrogen-bond donors (Lipinski definition) is 1. The van der Waals surface area contributed by atoms with E-state index in [1.165, 1.54) is 12.1 Å². The second-order valence-corrected chi connectivity index (χ2v) is 5.58. The van der Waals surface area contributed by atoms with Gasteiger partial charge in [-0.1, -0.05) is 6.92 Å². The molecule has 1 aliphatic heterocycles. The molecule has 0 spiro atoms. The topological polar surface area (TPSA) is 21.3 Å². The van der Waals surface area contributed by atoms with Gasteiger partial charge < -0.3 is 10.1 Å². The third kappa shape index (κ3) is 3.18. The van der Waals surface area contributed by atoms with Gasteiger partial charge in [-0.3, -0.25) is 0 Å². The second kappa shape index (κ2) is 6.64. The van der Waals surface area contributed by atoms with Crippen molar-refractivity contribution in [3.8, 4) is 0 Å². The summed E-state index contributed by atoms with van der Waals surface area (Å²) in [7, 11) is 0. The lowest BCUT2D eigenvalue weighted by Gasteiger charge is -2.28. The predicted molar refractivity (Wildman–Crippen MR) is 75.7 cm³/mol. The van der Waals surface area contributed by atoms with Gasteiger partial charge in [-0.15, -0.1) is 0 Å². The maximum atomic E-state index is 14.2. The fourth-order valence-electron chi connectivity index (χ4n) is 2.88. The summed E-state index contributed by atoms with van der Waals surface area (Å²) in [6, 6.07) is 2.43. The van der Waals surface area contributed by atoms with Crippen LogP contribution in [0.2, 0.25) is 0 Å². The zero-order chi connectivity index (χ0) is 14.7. The van der Waals surface area contributed by atoms with E-state index >= 15 is 0 Å². The predicted octanol–water partition coefficient (Wildman–Crippen LogP) is 3.74. The van der Waals surface area contributed by atoms with E-state index in [4.69, 9.17) is 4.74 Å². The van der Waals surface area contributed by atoms with E-state index in [1.807, 2.05) is 6.92 Å². The molecule has 2 nitrogen and oxygen atoms in total. The van der Waals surface area contributed by atoms with Crippen molar-refractivity contribution in [2.45, 2.75) is 45.8 Å². The summed E-state index contributed by atoms with van der Waals surface area (Å²) < 4.78 is 33.6. The molecular weight excluding hydrogens is 260 g/mol. The second-order valence-electron chi connectivity index (χ2n) is 5.58. The van der Waals surface area contributed by atoms with Crippen LogP contribution >= 0.6 is 0 Å². The minimum Gasteiger partial charge on any atom is -0.378 e. The zero-order valence-electron chi connectivity index (χ0n) is 12.4. The first-order chi connectivity index (χ1) is 9.54. The standard InChI is InChI=1S/C16H23F2NO/c1-4-6-19-16(12-5-7-20-11(12)3)13-9-14(17)10(2)8-15(13)18/h8-9,11-12,16,19H,4-7H2,1-3H3. The molecule has 0 amide bonds. The number of halogens is 2. The van der Waals surface area contributed by atoms with Gasteiger partial charge >= 0.3 is 0 Å². The van der Waals surface area contributed by atoms with Crippen LogP contribution in [-0.2, 0) is 4.74 Å². The third-order valence-electron chi connectivity index (χ3n) is 4.09. The highest BCUT2D eigenvalue weighted by Gasteiger charge is 2.34. The normalized spacial score (nSPS) is 24.1. The Labute approximate surface area is 119 Å². The molecule has 0 aliphatic carbocycles. The quantitative estimate of drug-likeness (QED) is 0.889. The van der Waals surface area contributed by atoms with Crippen molar-refractivity contribution in [3.05, 3.63) is 34.9 Å². The molecule has 1 N–H and O–H groups in total. The number of benzene rings is 1. The van der Waals surface area contributed by atoms with Gasteiger partial charge in [-0.05, 0) is 50.9 Å². The van der Waals surface area contributed by atoms with Crippen LogP contribution in [0.1, 0.15) is 43.9 Å². The minimum atomic E-state index is -0.351. The Morgan fingerprint density at radius 3 is 2.70 bits per heavy atom. The molecule has 1 aromatic carbocycles. The lowest BCUT2D eigenvalue weighted by Crippen LogP contribution is -2.33. The first-order valence-electron chi connectivity index (χ1n) is 7.35. The lowest BCUT2D eigenvalue weighted by atomic mass is 9.87. The first-order valence-corrected chi connectivity index (χ1v) is 7.35. The van der Waals surface area contributed by atoms with Crippen LogP contribution < -0.4 is 5.32 Å². The van der Waals surface area contributed by atoms with Crippen LogP contribution in [0.15, 0.2) is 12.1 Å². The van der Waals surface area contributed by atoms with Crippen LogP contribution in [0.5, 0.6) is 0 Å². The summed E-state index contributed by atoms with van der Waals surface area (Å²) in [4.78, 5) is 0. The molecule has 4 heteroatoms. The van der Waals surface area contributed by atoms with Gasteiger partial charge in [-0.2, -0.15) is 0 Å². The molecule has 1 aliphatic rings. The van der Waals surface area contributed by atoms with E-state index in [0.717, 1.165) is 19.4 Å². The molecule has 0 radical (unpaired) electrons. The van der Waals surface area contributed by atoms with E-state index in [9.17, 15) is 8.78 Å². The molecule has 1 fully saturated rings. The van der Waals surface area contributed by atoms with Gasteiger partial charge in [0.05, 0.1) is 6.10 Å². The van der Waals surface area contributed by atoms with Crippen molar-refractivity contribution in [2.75, 3.05) is 13.2 Å². The van der Waals surface area contributed by atoms with E-state index < -0.39 is 0 Å². The van der Waals surface area contributed by atoms with Gasteiger partial charge in [0.15, 0.2) is 0 Å². The largest absolute Gasteiger partial charge is 0.378 e. The molecule has 3 unspecified atom stereocenters. The first kappa shape index (κ1) is 15.4. The molecule has 1 saturated heterocycles. The van der Waals surface area contributed by atoms with Crippen molar-refractivity contribution >= 4 is 0 Å². The number of ether oxygens (including phenoxy) is 1. The number of hydrogen-bond acceptors (Lipinski definition) is 2. The molecule has 3 atom stereocenters. The highest BCUT2D eigenvalue weighted by Crippen LogP contribution is 2.35. The van der Waals surface area contributed by atoms with Crippen LogP contribution in [-0.4, -0.2) is 19.3 Å². The molecule has 1 aromatic rings. The maximum absolute atomic E-state index is 14.2. The molecule has 20 heavy (non-hydrogen) atoms. The molecule has 2 rings (SSSR count). The van der Waals surface area contributed by atoms with Crippen molar-refractivity contribution in [3.63, 3.8) is 0 Å². The van der Waals surface area contributed by atoms with Gasteiger partial charge in [-0.25, -0.2) is 8.78 Å². The number of rotatable bonds is 5. The summed E-state index contributed by atoms with van der Waals surface area (Å²) in [5, 5.41) is 3.36. The number of nitrogens with one attached hydrogen (secondary N) is 1. The average Bonchev–Trinajstić information content (AvgIpc) is 2.82. The summed E-state index contributed by atoms with van der Waals surface area (Å²) in [5.41, 5.74) is 0.764. The van der Waals surface area contributed by atoms with Crippen molar-refractivity contribution in [1.29, 1.82) is 0 Å². The summed E-state index contributed by atoms with van der Waals surface area (Å²) >= 11 is 0. The SMILES string of the molecule is CCCNC(c1cc(F)c(C)cc1F)C1CCOC1C. The Bertz CT molecular complexity index is 464. The molecular formula is C16H23F2NO. The lowest BCUT2D eigenvalue weighted by molar-refractivity contribution is 0.0949. The summed E-state index contributed by atoms with van der Waals surface area (Å²) in [6.45, 7) is 7.11. The summed E-state index contributed by atoms with van der Waals surface area (Å²) in [5.74, 6) is -0.508. The van der Waals surface area contributed by atoms with Crippen LogP contribution in [0.3, 0.4) is 0 Å². The molecule has 0 aromatic heterocycles. The Morgan fingerprint density at radius 1 is 1.35 bits per heavy atom. The highest BCUT2D eigenvalue weighted by molar-refractivity contribution is 5.28. The van der Waals surface area contributed by atoms with Crippen molar-refractivity contribution in [2.24, 2.45) is 5.92 Å². The summed E-state index contributed by atoms with van der Waals surface area (Å²) in [6.07, 6.45) is 1.89. The molecule has 112 valence electrons. The smallest absolute Gasteiger partial charge is 0.128 e. The van der Waals surface area contributed by atoms with Gasteiger partial charge in [0, 0.05) is 24.1 Å². The fraction of sp³-hybridized carbons (Fsp3) is 0.625. The van der Waals surface area contributed by atoms with E-state index in [1.54, 1.807) is 6.92 Å². The van der Waals surface area contributed by atoms with E-state index in [2.05, 4.69) is 12.2 Å². The minimum absolute atomic E-state index is 0.0631. The maximum Gasteiger partial charge on any atom is 0.128 e. The van der Waals surface area contributed by atoms with Gasteiger partial charge in [0.1, 0.15) is 11.6 Å². The monoisotopic (exact) mass is 283 g/mol. The Balaban J connectivity index is 2.32. The third-order valence-corrected chi connectivity index (χ3v) is 4.09. The van der Waals surface area contributed by atoms with Gasteiger partial charge in [0.25, 0.3) is 0 Å². The Kier molecular flexibility index (Phi) is 5.11. The van der Waals surface area contributed by atoms with Crippen molar-refractivity contribution < 1.29 is 13.5 Å². The molecule has 0 bridgehead atoms. The van der Waals surface area contributed by atoms with E-state index in [-0.39, 0.29) is 29.7 Å². The fourth-order valence-corrected chi connectivity index (χ4v) is 2.88. The van der Waals surface area contributed by atoms with Crippen LogP contribution in [0.25, 0.3) is 0 Å². The molecule has 1 heterocycles. The van der Waals surface area contributed by atoms with Crippen molar-refractivity contribution in [1.82, 2.24) is 5.32 Å². The number of aryl methyl sites for hydroxylation is 1. The van der Waals surface area contributed by atoms with E-state index in [0.29, 0.717) is 17.7 Å².